The van der Waals surface area contributed by atoms with Crippen LogP contribution in [-0.4, -0.2) is 4.57 Å². The van der Waals surface area contributed by atoms with Crippen molar-refractivity contribution in [2.75, 3.05) is 0 Å². The van der Waals surface area contributed by atoms with Crippen molar-refractivity contribution in [3.8, 4) is 62.3 Å². The van der Waals surface area contributed by atoms with Crippen LogP contribution in [0.15, 0.2) is 171 Å². The van der Waals surface area contributed by atoms with Gasteiger partial charge in [0.15, 0.2) is 0 Å². The lowest BCUT2D eigenvalue weighted by molar-refractivity contribution is 1.02. The van der Waals surface area contributed by atoms with Gasteiger partial charge in [0.25, 0.3) is 0 Å². The predicted molar refractivity (Wildman–Crippen MR) is 265 cm³/mol. The molecule has 0 aliphatic carbocycles. The van der Waals surface area contributed by atoms with Gasteiger partial charge in [0.1, 0.15) is 0 Å². The molecule has 1 heterocycles. The normalized spacial score (nSPS) is 11.0. The van der Waals surface area contributed by atoms with Crippen LogP contribution in [0.2, 0.25) is 0 Å². The van der Waals surface area contributed by atoms with E-state index >= 15 is 0 Å². The van der Waals surface area contributed by atoms with Crippen LogP contribution in [-0.2, 0) is 6.42 Å². The van der Waals surface area contributed by atoms with Gasteiger partial charge in [-0.15, -0.1) is 0 Å². The average molecular weight is 798 g/mol. The molecule has 62 heavy (non-hydrogen) atoms. The summed E-state index contributed by atoms with van der Waals surface area (Å²) in [7, 11) is 0. The highest BCUT2D eigenvalue weighted by Crippen LogP contribution is 2.54. The highest BCUT2D eigenvalue weighted by Gasteiger charge is 2.28. The van der Waals surface area contributed by atoms with E-state index in [9.17, 15) is 10.5 Å². The number of benzene rings is 8. The monoisotopic (exact) mass is 797 g/mol. The van der Waals surface area contributed by atoms with Gasteiger partial charge >= 0.3 is 0 Å². The predicted octanol–water partition coefficient (Wildman–Crippen LogP) is 16.3. The first-order valence-corrected chi connectivity index (χ1v) is 21.3. The smallest absolute Gasteiger partial charge is 0.0992 e. The van der Waals surface area contributed by atoms with Crippen LogP contribution in [0.1, 0.15) is 61.3 Å². The van der Waals surface area contributed by atoms with E-state index in [-0.39, 0.29) is 0 Å². The van der Waals surface area contributed by atoms with Crippen molar-refractivity contribution in [1.29, 1.82) is 10.5 Å². The first-order valence-electron chi connectivity index (χ1n) is 21.3. The Morgan fingerprint density at radius 1 is 0.516 bits per heavy atom. The molecule has 0 aliphatic rings. The summed E-state index contributed by atoms with van der Waals surface area (Å²) in [6, 6.07) is 57.7. The van der Waals surface area contributed by atoms with Crippen molar-refractivity contribution in [3.05, 3.63) is 205 Å². The van der Waals surface area contributed by atoms with Gasteiger partial charge < -0.3 is 4.57 Å². The van der Waals surface area contributed by atoms with Gasteiger partial charge in [-0.25, -0.2) is 0 Å². The molecule has 0 saturated heterocycles. The van der Waals surface area contributed by atoms with E-state index in [2.05, 4.69) is 176 Å². The number of aromatic nitrogens is 1. The van der Waals surface area contributed by atoms with E-state index in [4.69, 9.17) is 0 Å². The Hall–Kier alpha value is -7.98. The minimum Gasteiger partial charge on any atom is -0.310 e. The Balaban J connectivity index is 0.00000261. The molecule has 1 aromatic heterocycles. The number of nitrogens with zero attached hydrogens (tertiary/aromatic N) is 3. The molecule has 0 radical (unpaired) electrons. The summed E-state index contributed by atoms with van der Waals surface area (Å²) in [6.07, 6.45) is 8.95. The average Bonchev–Trinajstić information content (AvgIpc) is 3.66. The Morgan fingerprint density at radius 2 is 0.968 bits per heavy atom. The fourth-order valence-electron chi connectivity index (χ4n) is 9.29. The van der Waals surface area contributed by atoms with E-state index < -0.39 is 0 Å². The molecule has 0 bridgehead atoms. The lowest BCUT2D eigenvalue weighted by Crippen LogP contribution is -2.02. The summed E-state index contributed by atoms with van der Waals surface area (Å²) < 4.78 is 2.27. The number of hydrogen-bond acceptors (Lipinski definition) is 2. The quantitative estimate of drug-likeness (QED) is 0.137. The zero-order valence-electron chi connectivity index (χ0n) is 35.7. The Morgan fingerprint density at radius 3 is 1.40 bits per heavy atom. The number of hydrogen-bond donors (Lipinski definition) is 0. The van der Waals surface area contributed by atoms with Gasteiger partial charge in [0.2, 0.25) is 0 Å². The van der Waals surface area contributed by atoms with Crippen LogP contribution in [0.5, 0.6) is 0 Å². The molecule has 3 nitrogen and oxygen atoms in total. The SMILES string of the molecule is C=Cc1c(CC)c(/C=C\C)n(-c2ccc(-c3c(-c4cc(C#N)cc(C#N)c4)c(-c4ccccc4)c4c5ccccc5c5ccccc5c4c3-c3ccccc3)cc2)c1C=C.CC. The molecule has 0 atom stereocenters. The standard InChI is InChI=1S/C57H41N3.C2H6/c1-5-19-51-45(7-3)44(6-2)50(8-4)60(51)43-30-28-41(29-31-43)52-53(39-20-11-9-12-21-39)56-48-26-17-15-24-46(48)47-25-16-18-27-49(47)57(56)54(40-22-13-10-14-23-40)55(52)42-33-37(35-58)32-38(34-42)36-59;1-2/h5-6,8-34H,2,4,7H2,1,3H3;1-2H3/b19-5-;. The molecular formula is C59H47N3. The van der Waals surface area contributed by atoms with E-state index in [1.165, 1.54) is 10.9 Å². The molecule has 0 N–H and O–H groups in total. The summed E-state index contributed by atoms with van der Waals surface area (Å²) in [5.41, 5.74) is 14.3. The van der Waals surface area contributed by atoms with Crippen molar-refractivity contribution in [3.63, 3.8) is 0 Å². The maximum atomic E-state index is 10.4. The van der Waals surface area contributed by atoms with E-state index in [1.54, 1.807) is 6.07 Å². The van der Waals surface area contributed by atoms with Crippen LogP contribution in [0, 0.1) is 22.7 Å². The highest BCUT2D eigenvalue weighted by molar-refractivity contribution is 6.35. The van der Waals surface area contributed by atoms with Gasteiger partial charge in [-0.05, 0) is 138 Å². The number of nitriles is 2. The second-order valence-corrected chi connectivity index (χ2v) is 14.9. The topological polar surface area (TPSA) is 52.5 Å². The van der Waals surface area contributed by atoms with E-state index in [0.717, 1.165) is 100 Å². The summed E-state index contributed by atoms with van der Waals surface area (Å²) in [4.78, 5) is 0. The van der Waals surface area contributed by atoms with Crippen LogP contribution >= 0.6 is 0 Å². The summed E-state index contributed by atoms with van der Waals surface area (Å²) in [6.45, 7) is 16.6. The Bertz CT molecular complexity index is 3240. The summed E-state index contributed by atoms with van der Waals surface area (Å²) in [5.74, 6) is 0. The molecule has 0 saturated carbocycles. The van der Waals surface area contributed by atoms with Crippen molar-refractivity contribution in [1.82, 2.24) is 4.57 Å². The Labute approximate surface area is 365 Å². The third kappa shape index (κ3) is 6.81. The third-order valence-electron chi connectivity index (χ3n) is 11.7. The molecule has 3 heteroatoms. The zero-order chi connectivity index (χ0) is 43.3. The minimum atomic E-state index is 0.430. The van der Waals surface area contributed by atoms with Crippen molar-refractivity contribution in [2.45, 2.75) is 34.1 Å². The molecular weight excluding hydrogens is 751 g/mol. The summed E-state index contributed by atoms with van der Waals surface area (Å²) >= 11 is 0. The second-order valence-electron chi connectivity index (χ2n) is 14.9. The number of rotatable bonds is 9. The van der Waals surface area contributed by atoms with E-state index in [1.807, 2.05) is 51.1 Å². The summed E-state index contributed by atoms with van der Waals surface area (Å²) in [5, 5.41) is 27.7. The van der Waals surface area contributed by atoms with Crippen molar-refractivity contribution < 1.29 is 0 Å². The van der Waals surface area contributed by atoms with Gasteiger partial charge in [0.05, 0.1) is 29.0 Å². The fourth-order valence-corrected chi connectivity index (χ4v) is 9.29. The lowest BCUT2D eigenvalue weighted by Gasteiger charge is -2.26. The van der Waals surface area contributed by atoms with Crippen LogP contribution in [0.4, 0.5) is 0 Å². The molecule has 0 amide bonds. The maximum Gasteiger partial charge on any atom is 0.0992 e. The minimum absolute atomic E-state index is 0.430. The molecule has 0 aliphatic heterocycles. The molecule has 9 aromatic rings. The molecule has 8 aromatic carbocycles. The van der Waals surface area contributed by atoms with Crippen molar-refractivity contribution in [2.24, 2.45) is 0 Å². The lowest BCUT2D eigenvalue weighted by atomic mass is 9.76. The zero-order valence-corrected chi connectivity index (χ0v) is 35.7. The van der Waals surface area contributed by atoms with Crippen LogP contribution in [0.3, 0.4) is 0 Å². The molecule has 0 fully saturated rings. The van der Waals surface area contributed by atoms with Gasteiger partial charge in [-0.3, -0.25) is 0 Å². The molecule has 0 unspecified atom stereocenters. The molecule has 0 spiro atoms. The molecule has 9 rings (SSSR count). The first-order chi connectivity index (χ1) is 30.5. The van der Waals surface area contributed by atoms with Crippen molar-refractivity contribution >= 4 is 50.5 Å². The molecule has 298 valence electrons. The maximum absolute atomic E-state index is 10.4. The fraction of sp³-hybridized carbons (Fsp3) is 0.0847. The highest BCUT2D eigenvalue weighted by atomic mass is 15.0. The number of fused-ring (bicyclic) bond motifs is 6. The van der Waals surface area contributed by atoms with Gasteiger partial charge in [0, 0.05) is 16.9 Å². The largest absolute Gasteiger partial charge is 0.310 e. The van der Waals surface area contributed by atoms with Crippen LogP contribution < -0.4 is 0 Å². The first kappa shape index (κ1) is 40.8. The van der Waals surface area contributed by atoms with Gasteiger partial charge in [-0.1, -0.05) is 167 Å². The number of allylic oxidation sites excluding steroid dienone is 1. The van der Waals surface area contributed by atoms with Gasteiger partial charge in [-0.2, -0.15) is 10.5 Å². The Kier molecular flexibility index (Phi) is 11.6. The third-order valence-corrected chi connectivity index (χ3v) is 11.7. The second kappa shape index (κ2) is 17.7. The van der Waals surface area contributed by atoms with E-state index in [0.29, 0.717) is 11.1 Å². The van der Waals surface area contributed by atoms with Crippen LogP contribution in [0.25, 0.3) is 101 Å².